The van der Waals surface area contributed by atoms with Crippen LogP contribution in [0.25, 0.3) is 5.00 Å². The average Bonchev–Trinajstić information content (AvgIpc) is 2.70. The van der Waals surface area contributed by atoms with Gasteiger partial charge in [0.1, 0.15) is 5.00 Å². The molecular formula is C12H14N2OS. The molecule has 2 aromatic heterocycles. The van der Waals surface area contributed by atoms with Gasteiger partial charge in [0, 0.05) is 16.3 Å². The normalized spacial score (nSPS) is 10.7. The van der Waals surface area contributed by atoms with Crippen LogP contribution in [0.1, 0.15) is 26.6 Å². The molecular weight excluding hydrogens is 220 g/mol. The van der Waals surface area contributed by atoms with Gasteiger partial charge in [-0.2, -0.15) is 0 Å². The molecule has 0 atom stereocenters. The lowest BCUT2D eigenvalue weighted by atomic mass is 10.2. The van der Waals surface area contributed by atoms with E-state index in [1.807, 2.05) is 39.0 Å². The first kappa shape index (κ1) is 11.0. The van der Waals surface area contributed by atoms with Crippen LogP contribution in [0, 0.1) is 20.8 Å². The number of aryl methyl sites for hydroxylation is 3. The molecule has 0 aliphatic carbocycles. The molecule has 2 N–H and O–H groups in total. The van der Waals surface area contributed by atoms with E-state index in [1.165, 1.54) is 0 Å². The molecule has 0 unspecified atom stereocenters. The summed E-state index contributed by atoms with van der Waals surface area (Å²) in [7, 11) is 0. The minimum absolute atomic E-state index is 0.369. The number of carbonyl (C=O) groups is 1. The highest BCUT2D eigenvalue weighted by atomic mass is 32.1. The summed E-state index contributed by atoms with van der Waals surface area (Å²) in [4.78, 5) is 12.5. The summed E-state index contributed by atoms with van der Waals surface area (Å²) in [6, 6.07) is 5.92. The molecule has 0 aliphatic heterocycles. The number of rotatable bonds is 2. The third-order valence-electron chi connectivity index (χ3n) is 2.58. The van der Waals surface area contributed by atoms with Crippen molar-refractivity contribution in [1.82, 2.24) is 4.57 Å². The van der Waals surface area contributed by atoms with Crippen LogP contribution in [0.3, 0.4) is 0 Å². The van der Waals surface area contributed by atoms with Crippen LogP contribution in [0.15, 0.2) is 18.2 Å². The van der Waals surface area contributed by atoms with E-state index in [9.17, 15) is 4.79 Å². The number of thiophene rings is 1. The van der Waals surface area contributed by atoms with Gasteiger partial charge in [0.05, 0.1) is 5.56 Å². The molecule has 84 valence electrons. The summed E-state index contributed by atoms with van der Waals surface area (Å²) in [5.41, 5.74) is 8.22. The molecule has 0 aliphatic rings. The number of aromatic nitrogens is 1. The second-order valence-corrected chi connectivity index (χ2v) is 5.13. The molecule has 0 aromatic carbocycles. The number of nitrogens with zero attached hydrogens (tertiary/aromatic N) is 1. The lowest BCUT2D eigenvalue weighted by Gasteiger charge is -2.08. The summed E-state index contributed by atoms with van der Waals surface area (Å²) in [6.07, 6.45) is 0. The van der Waals surface area contributed by atoms with Crippen molar-refractivity contribution in [3.8, 4) is 5.00 Å². The zero-order valence-corrected chi connectivity index (χ0v) is 10.4. The van der Waals surface area contributed by atoms with Crippen LogP contribution in [-0.4, -0.2) is 10.5 Å². The van der Waals surface area contributed by atoms with E-state index in [-0.39, 0.29) is 5.91 Å². The first-order valence-electron chi connectivity index (χ1n) is 5.06. The number of nitrogens with two attached hydrogens (primary N) is 1. The van der Waals surface area contributed by atoms with Crippen LogP contribution < -0.4 is 5.73 Å². The van der Waals surface area contributed by atoms with Gasteiger partial charge in [-0.05, 0) is 39.0 Å². The Morgan fingerprint density at radius 1 is 1.25 bits per heavy atom. The first-order chi connectivity index (χ1) is 7.50. The summed E-state index contributed by atoms with van der Waals surface area (Å²) in [5, 5.41) is 0.921. The highest BCUT2D eigenvalue weighted by molar-refractivity contribution is 7.14. The third-order valence-corrected chi connectivity index (χ3v) is 3.61. The van der Waals surface area contributed by atoms with Crippen LogP contribution in [0.2, 0.25) is 0 Å². The van der Waals surface area contributed by atoms with E-state index in [0.29, 0.717) is 5.56 Å². The van der Waals surface area contributed by atoms with Gasteiger partial charge in [-0.15, -0.1) is 11.3 Å². The Hall–Kier alpha value is -1.55. The fourth-order valence-electron chi connectivity index (χ4n) is 1.83. The summed E-state index contributed by atoms with van der Waals surface area (Å²) >= 11 is 1.59. The van der Waals surface area contributed by atoms with Crippen molar-refractivity contribution in [2.45, 2.75) is 20.8 Å². The van der Waals surface area contributed by atoms with Gasteiger partial charge in [-0.3, -0.25) is 4.79 Å². The van der Waals surface area contributed by atoms with Crippen molar-refractivity contribution in [3.05, 3.63) is 40.0 Å². The van der Waals surface area contributed by atoms with Crippen molar-refractivity contribution in [2.75, 3.05) is 0 Å². The summed E-state index contributed by atoms with van der Waals surface area (Å²) < 4.78 is 2.07. The molecule has 0 fully saturated rings. The minimum atomic E-state index is -0.369. The van der Waals surface area contributed by atoms with E-state index in [4.69, 9.17) is 5.73 Å². The topological polar surface area (TPSA) is 48.0 Å². The number of carbonyl (C=O) groups excluding carboxylic acids is 1. The Kier molecular flexibility index (Phi) is 2.59. The molecule has 0 saturated heterocycles. The van der Waals surface area contributed by atoms with Crippen molar-refractivity contribution in [2.24, 2.45) is 5.73 Å². The molecule has 2 heterocycles. The Bertz CT molecular complexity index is 532. The predicted molar refractivity (Wildman–Crippen MR) is 66.4 cm³/mol. The minimum Gasteiger partial charge on any atom is -0.366 e. The third kappa shape index (κ3) is 1.65. The number of amides is 1. The van der Waals surface area contributed by atoms with E-state index in [1.54, 1.807) is 11.3 Å². The van der Waals surface area contributed by atoms with Crippen molar-refractivity contribution in [1.29, 1.82) is 0 Å². The maximum absolute atomic E-state index is 11.4. The van der Waals surface area contributed by atoms with Crippen LogP contribution in [-0.2, 0) is 0 Å². The quantitative estimate of drug-likeness (QED) is 0.853. The monoisotopic (exact) mass is 234 g/mol. The van der Waals surface area contributed by atoms with Gasteiger partial charge in [-0.25, -0.2) is 0 Å². The molecule has 3 nitrogen and oxygen atoms in total. The molecule has 0 radical (unpaired) electrons. The Labute approximate surface area is 98.5 Å². The molecule has 16 heavy (non-hydrogen) atoms. The van der Waals surface area contributed by atoms with Gasteiger partial charge < -0.3 is 10.3 Å². The zero-order valence-electron chi connectivity index (χ0n) is 9.57. The highest BCUT2D eigenvalue weighted by Gasteiger charge is 2.15. The maximum Gasteiger partial charge on any atom is 0.251 e. The number of hydrogen-bond acceptors (Lipinski definition) is 2. The second-order valence-electron chi connectivity index (χ2n) is 3.89. The lowest BCUT2D eigenvalue weighted by molar-refractivity contribution is 0.100. The Balaban J connectivity index is 2.68. The largest absolute Gasteiger partial charge is 0.366 e. The molecule has 1 amide bonds. The van der Waals surface area contributed by atoms with Crippen LogP contribution in [0.4, 0.5) is 0 Å². The van der Waals surface area contributed by atoms with Crippen molar-refractivity contribution in [3.63, 3.8) is 0 Å². The molecule has 4 heteroatoms. The van der Waals surface area contributed by atoms with Crippen molar-refractivity contribution < 1.29 is 4.79 Å². The van der Waals surface area contributed by atoms with Crippen LogP contribution >= 0.6 is 11.3 Å². The second kappa shape index (κ2) is 3.79. The number of hydrogen-bond donors (Lipinski definition) is 1. The Morgan fingerprint density at radius 2 is 1.81 bits per heavy atom. The summed E-state index contributed by atoms with van der Waals surface area (Å²) in [5.74, 6) is -0.369. The molecule has 0 spiro atoms. The Morgan fingerprint density at radius 3 is 2.31 bits per heavy atom. The smallest absolute Gasteiger partial charge is 0.251 e. The average molecular weight is 234 g/mol. The van der Waals surface area contributed by atoms with Gasteiger partial charge in [0.25, 0.3) is 5.91 Å². The number of primary amides is 1. The van der Waals surface area contributed by atoms with E-state index in [2.05, 4.69) is 4.57 Å². The van der Waals surface area contributed by atoms with Gasteiger partial charge in [0.2, 0.25) is 0 Å². The van der Waals surface area contributed by atoms with Crippen molar-refractivity contribution >= 4 is 17.2 Å². The highest BCUT2D eigenvalue weighted by Crippen LogP contribution is 2.28. The molecule has 2 rings (SSSR count). The van der Waals surface area contributed by atoms with Crippen LogP contribution in [0.5, 0.6) is 0 Å². The first-order valence-corrected chi connectivity index (χ1v) is 5.88. The lowest BCUT2D eigenvalue weighted by Crippen LogP contribution is -2.13. The van der Waals surface area contributed by atoms with Gasteiger partial charge >= 0.3 is 0 Å². The van der Waals surface area contributed by atoms with Gasteiger partial charge in [0.15, 0.2) is 0 Å². The summed E-state index contributed by atoms with van der Waals surface area (Å²) in [6.45, 7) is 6.02. The molecule has 0 bridgehead atoms. The standard InChI is InChI=1S/C12H14N2OS/c1-7-4-5-8(2)14(7)12-10(11(13)15)6-9(3)16-12/h4-6H,1-3H3,(H2,13,15). The molecule has 2 aromatic rings. The maximum atomic E-state index is 11.4. The zero-order chi connectivity index (χ0) is 11.9. The van der Waals surface area contributed by atoms with E-state index < -0.39 is 0 Å². The van der Waals surface area contributed by atoms with E-state index in [0.717, 1.165) is 21.3 Å². The van der Waals surface area contributed by atoms with Gasteiger partial charge in [-0.1, -0.05) is 0 Å². The van der Waals surface area contributed by atoms with E-state index >= 15 is 0 Å². The SMILES string of the molecule is Cc1cc(C(N)=O)c(-n2c(C)ccc2C)s1. The fraction of sp³-hybridized carbons (Fsp3) is 0.250. The predicted octanol–water partition coefficient (Wildman–Crippen LogP) is 2.56. The fourth-order valence-corrected chi connectivity index (χ4v) is 2.96. The molecule has 0 saturated carbocycles.